The van der Waals surface area contributed by atoms with E-state index in [1.54, 1.807) is 0 Å². The van der Waals surface area contributed by atoms with E-state index in [1.807, 2.05) is 12.1 Å². The van der Waals surface area contributed by atoms with E-state index >= 15 is 0 Å². The molecule has 1 unspecified atom stereocenters. The summed E-state index contributed by atoms with van der Waals surface area (Å²) >= 11 is 0. The fourth-order valence-corrected chi connectivity index (χ4v) is 0.836. The number of rotatable bonds is 0. The van der Waals surface area contributed by atoms with E-state index in [0.717, 1.165) is 0 Å². The Hall–Kier alpha value is -1.81. The van der Waals surface area contributed by atoms with Crippen LogP contribution in [0.2, 0.25) is 0 Å². The van der Waals surface area contributed by atoms with E-state index in [0.29, 0.717) is 17.8 Å². The Balaban J connectivity index is 2.93. The van der Waals surface area contributed by atoms with Crippen molar-refractivity contribution in [2.24, 2.45) is 16.6 Å². The van der Waals surface area contributed by atoms with Crippen LogP contribution in [-0.2, 0) is 0 Å². The number of hydrogen-bond acceptors (Lipinski definition) is 4. The van der Waals surface area contributed by atoms with Crippen molar-refractivity contribution in [1.29, 1.82) is 10.5 Å². The molecule has 0 saturated heterocycles. The zero-order valence-corrected chi connectivity index (χ0v) is 5.78. The Morgan fingerprint density at radius 2 is 2.36 bits per heavy atom. The van der Waals surface area contributed by atoms with Crippen molar-refractivity contribution in [3.8, 4) is 12.1 Å². The third-order valence-corrected chi connectivity index (χ3v) is 1.44. The third-order valence-electron chi connectivity index (χ3n) is 1.44. The first-order valence-corrected chi connectivity index (χ1v) is 3.10. The SMILES string of the molecule is N#CC1=CN=C(N)CC1C#N. The number of amidine groups is 1. The van der Waals surface area contributed by atoms with Gasteiger partial charge >= 0.3 is 0 Å². The van der Waals surface area contributed by atoms with Crippen LogP contribution < -0.4 is 5.73 Å². The van der Waals surface area contributed by atoms with E-state index in [9.17, 15) is 0 Å². The molecule has 0 bridgehead atoms. The molecule has 54 valence electrons. The van der Waals surface area contributed by atoms with Gasteiger partial charge in [-0.05, 0) is 0 Å². The van der Waals surface area contributed by atoms with E-state index in [2.05, 4.69) is 4.99 Å². The van der Waals surface area contributed by atoms with Crippen molar-refractivity contribution in [3.05, 3.63) is 11.8 Å². The average Bonchev–Trinajstić information content (AvgIpc) is 2.04. The van der Waals surface area contributed by atoms with Crippen molar-refractivity contribution in [3.63, 3.8) is 0 Å². The molecule has 0 radical (unpaired) electrons. The Morgan fingerprint density at radius 3 is 2.91 bits per heavy atom. The number of aliphatic imine (C=N–C) groups is 1. The molecule has 1 rings (SSSR count). The molecule has 4 nitrogen and oxygen atoms in total. The van der Waals surface area contributed by atoms with Crippen LogP contribution in [0.25, 0.3) is 0 Å². The Labute approximate surface area is 64.3 Å². The van der Waals surface area contributed by atoms with Crippen LogP contribution in [0.3, 0.4) is 0 Å². The summed E-state index contributed by atoms with van der Waals surface area (Å²) in [5.74, 6) is 0.00745. The fourth-order valence-electron chi connectivity index (χ4n) is 0.836. The van der Waals surface area contributed by atoms with Crippen molar-refractivity contribution in [2.75, 3.05) is 0 Å². The first-order valence-electron chi connectivity index (χ1n) is 3.10. The van der Waals surface area contributed by atoms with Crippen LogP contribution in [0.4, 0.5) is 0 Å². The molecule has 0 aliphatic carbocycles. The molecular weight excluding hydrogens is 140 g/mol. The van der Waals surface area contributed by atoms with Crippen LogP contribution >= 0.6 is 0 Å². The van der Waals surface area contributed by atoms with E-state index in [1.165, 1.54) is 6.20 Å². The first kappa shape index (κ1) is 7.30. The first-order chi connectivity index (χ1) is 5.27. The molecule has 4 heteroatoms. The highest BCUT2D eigenvalue weighted by Crippen LogP contribution is 2.17. The number of nitrogens with two attached hydrogens (primary N) is 1. The summed E-state index contributed by atoms with van der Waals surface area (Å²) < 4.78 is 0. The van der Waals surface area contributed by atoms with Gasteiger partial charge in [0, 0.05) is 12.6 Å². The van der Waals surface area contributed by atoms with Crippen LogP contribution in [0.5, 0.6) is 0 Å². The molecule has 1 aliphatic heterocycles. The quantitative estimate of drug-likeness (QED) is 0.533. The Morgan fingerprint density at radius 1 is 1.64 bits per heavy atom. The normalized spacial score (nSPS) is 22.5. The fraction of sp³-hybridized carbons (Fsp3) is 0.286. The second-order valence-corrected chi connectivity index (χ2v) is 2.20. The zero-order valence-electron chi connectivity index (χ0n) is 5.78. The molecule has 0 aromatic heterocycles. The third kappa shape index (κ3) is 1.36. The minimum atomic E-state index is -0.405. The van der Waals surface area contributed by atoms with E-state index in [-0.39, 0.29) is 0 Å². The van der Waals surface area contributed by atoms with Crippen LogP contribution in [0.1, 0.15) is 6.42 Å². The highest BCUT2D eigenvalue weighted by molar-refractivity contribution is 5.83. The average molecular weight is 146 g/mol. The molecule has 0 saturated carbocycles. The van der Waals surface area contributed by atoms with Gasteiger partial charge in [-0.2, -0.15) is 10.5 Å². The van der Waals surface area contributed by atoms with Gasteiger partial charge in [-0.15, -0.1) is 0 Å². The maximum absolute atomic E-state index is 8.56. The molecule has 1 atom stereocenters. The second-order valence-electron chi connectivity index (χ2n) is 2.20. The number of nitriles is 2. The number of allylic oxidation sites excluding steroid dienone is 1. The van der Waals surface area contributed by atoms with Gasteiger partial charge in [-0.1, -0.05) is 0 Å². The lowest BCUT2D eigenvalue weighted by molar-refractivity contribution is 0.816. The minimum Gasteiger partial charge on any atom is -0.387 e. The molecule has 0 aromatic carbocycles. The molecule has 1 heterocycles. The summed E-state index contributed by atoms with van der Waals surface area (Å²) in [7, 11) is 0. The van der Waals surface area contributed by atoms with Crippen molar-refractivity contribution >= 4 is 5.84 Å². The molecule has 0 aromatic rings. The van der Waals surface area contributed by atoms with Gasteiger partial charge in [0.25, 0.3) is 0 Å². The molecule has 11 heavy (non-hydrogen) atoms. The molecule has 0 amide bonds. The lowest BCUT2D eigenvalue weighted by atomic mass is 9.97. The molecular formula is C7H6N4. The van der Waals surface area contributed by atoms with Gasteiger partial charge in [0.15, 0.2) is 0 Å². The topological polar surface area (TPSA) is 86.0 Å². The summed E-state index contributed by atoms with van der Waals surface area (Å²) in [5.41, 5.74) is 5.75. The van der Waals surface area contributed by atoms with E-state index < -0.39 is 5.92 Å². The lowest BCUT2D eigenvalue weighted by Gasteiger charge is -2.09. The minimum absolute atomic E-state index is 0.371. The van der Waals surface area contributed by atoms with Gasteiger partial charge in [0.2, 0.25) is 0 Å². The van der Waals surface area contributed by atoms with E-state index in [4.69, 9.17) is 16.3 Å². The second kappa shape index (κ2) is 2.85. The molecule has 0 fully saturated rings. The molecule has 0 spiro atoms. The zero-order chi connectivity index (χ0) is 8.27. The summed E-state index contributed by atoms with van der Waals surface area (Å²) in [5, 5.41) is 17.1. The summed E-state index contributed by atoms with van der Waals surface area (Å²) in [6.07, 6.45) is 1.72. The van der Waals surface area contributed by atoms with Gasteiger partial charge < -0.3 is 5.73 Å². The van der Waals surface area contributed by atoms with Crippen molar-refractivity contribution in [1.82, 2.24) is 0 Å². The smallest absolute Gasteiger partial charge is 0.101 e. The maximum Gasteiger partial charge on any atom is 0.101 e. The monoisotopic (exact) mass is 146 g/mol. The van der Waals surface area contributed by atoms with Gasteiger partial charge in [-0.25, -0.2) is 4.99 Å². The standard InChI is InChI=1S/C7H6N4/c8-2-5-1-7(10)11-4-6(5)3-9/h4-5H,1H2,(H2,10,11). The van der Waals surface area contributed by atoms with Crippen LogP contribution in [0, 0.1) is 28.6 Å². The van der Waals surface area contributed by atoms with Crippen LogP contribution in [-0.4, -0.2) is 5.84 Å². The molecule has 1 aliphatic rings. The predicted molar refractivity (Wildman–Crippen MR) is 39.0 cm³/mol. The van der Waals surface area contributed by atoms with Gasteiger partial charge in [-0.3, -0.25) is 0 Å². The highest BCUT2D eigenvalue weighted by Gasteiger charge is 2.18. The van der Waals surface area contributed by atoms with Gasteiger partial charge in [0.1, 0.15) is 5.84 Å². The lowest BCUT2D eigenvalue weighted by Crippen LogP contribution is -2.19. The predicted octanol–water partition coefficient (Wildman–Crippen LogP) is 0.295. The van der Waals surface area contributed by atoms with Crippen LogP contribution in [0.15, 0.2) is 16.8 Å². The number of hydrogen-bond donors (Lipinski definition) is 1. The van der Waals surface area contributed by atoms with Crippen molar-refractivity contribution < 1.29 is 0 Å². The summed E-state index contributed by atoms with van der Waals surface area (Å²) in [4.78, 5) is 3.74. The van der Waals surface area contributed by atoms with Crippen molar-refractivity contribution in [2.45, 2.75) is 6.42 Å². The largest absolute Gasteiger partial charge is 0.387 e. The Bertz CT molecular complexity index is 299. The van der Waals surface area contributed by atoms with Gasteiger partial charge in [0.05, 0.1) is 23.6 Å². The molecule has 2 N–H and O–H groups in total. The highest BCUT2D eigenvalue weighted by atomic mass is 14.8. The number of nitrogens with zero attached hydrogens (tertiary/aromatic N) is 3. The Kier molecular flexibility index (Phi) is 1.89. The summed E-state index contributed by atoms with van der Waals surface area (Å²) in [6.45, 7) is 0. The summed E-state index contributed by atoms with van der Waals surface area (Å²) in [6, 6.07) is 3.89. The maximum atomic E-state index is 8.56.